The van der Waals surface area contributed by atoms with Crippen molar-refractivity contribution in [1.82, 2.24) is 9.47 Å². The first-order valence-corrected chi connectivity index (χ1v) is 6.26. The van der Waals surface area contributed by atoms with Crippen molar-refractivity contribution in [1.29, 1.82) is 0 Å². The monoisotopic (exact) mass is 270 g/mol. The number of alkyl halides is 2. The Morgan fingerprint density at radius 2 is 2.05 bits per heavy atom. The lowest BCUT2D eigenvalue weighted by atomic mass is 10.1. The van der Waals surface area contributed by atoms with E-state index in [2.05, 4.69) is 0 Å². The minimum Gasteiger partial charge on any atom is -0.314 e. The summed E-state index contributed by atoms with van der Waals surface area (Å²) in [4.78, 5) is 25.1. The molecule has 0 aliphatic carbocycles. The van der Waals surface area contributed by atoms with Crippen LogP contribution in [0.15, 0.2) is 23.1 Å². The van der Waals surface area contributed by atoms with Crippen LogP contribution >= 0.6 is 0 Å². The van der Waals surface area contributed by atoms with E-state index in [1.165, 1.54) is 10.6 Å². The molecule has 2 heterocycles. The zero-order chi connectivity index (χ0) is 14.0. The van der Waals surface area contributed by atoms with Gasteiger partial charge in [-0.1, -0.05) is 6.92 Å². The summed E-state index contributed by atoms with van der Waals surface area (Å²) >= 11 is 0. The number of rotatable bonds is 5. The molecule has 0 saturated carbocycles. The third kappa shape index (κ3) is 3.07. The van der Waals surface area contributed by atoms with E-state index in [-0.39, 0.29) is 36.4 Å². The van der Waals surface area contributed by atoms with Gasteiger partial charge in [-0.25, -0.2) is 8.78 Å². The van der Waals surface area contributed by atoms with E-state index in [9.17, 15) is 18.4 Å². The molecular formula is C13H16F2N2O2. The molecule has 1 saturated heterocycles. The molecule has 1 aliphatic heterocycles. The minimum atomic E-state index is -2.59. The minimum absolute atomic E-state index is 0.166. The maximum atomic E-state index is 12.7. The second kappa shape index (κ2) is 5.21. The van der Waals surface area contributed by atoms with Crippen LogP contribution in [0, 0.1) is 0 Å². The second-order valence-corrected chi connectivity index (χ2v) is 4.76. The van der Waals surface area contributed by atoms with Crippen LogP contribution < -0.4 is 5.56 Å². The molecule has 0 bridgehead atoms. The van der Waals surface area contributed by atoms with Gasteiger partial charge in [0, 0.05) is 25.7 Å². The number of Topliss-reactive ketones (excluding diaryl/α,β-unsaturated/α-hetero) is 1. The Hall–Kier alpha value is -1.56. The van der Waals surface area contributed by atoms with Crippen LogP contribution in [0.2, 0.25) is 0 Å². The molecular weight excluding hydrogens is 254 g/mol. The van der Waals surface area contributed by atoms with Crippen LogP contribution in [0.25, 0.3) is 0 Å². The van der Waals surface area contributed by atoms with E-state index in [1.54, 1.807) is 24.1 Å². The maximum absolute atomic E-state index is 12.7. The Morgan fingerprint density at radius 3 is 2.63 bits per heavy atom. The number of pyridine rings is 1. The average molecular weight is 270 g/mol. The molecule has 1 fully saturated rings. The number of aromatic nitrogens is 1. The van der Waals surface area contributed by atoms with Gasteiger partial charge in [-0.3, -0.25) is 14.5 Å². The summed E-state index contributed by atoms with van der Waals surface area (Å²) in [5, 5.41) is 0. The van der Waals surface area contributed by atoms with Crippen LogP contribution in [0.5, 0.6) is 0 Å². The summed E-state index contributed by atoms with van der Waals surface area (Å²) in [6, 6.07) is 3.14. The second-order valence-electron chi connectivity index (χ2n) is 4.76. The number of halogens is 2. The molecule has 0 radical (unpaired) electrons. The van der Waals surface area contributed by atoms with E-state index < -0.39 is 5.92 Å². The molecule has 104 valence electrons. The van der Waals surface area contributed by atoms with Crippen molar-refractivity contribution >= 4 is 5.78 Å². The molecule has 0 atom stereocenters. The van der Waals surface area contributed by atoms with E-state index in [0.717, 1.165) is 0 Å². The molecule has 4 nitrogen and oxygen atoms in total. The summed E-state index contributed by atoms with van der Waals surface area (Å²) < 4.78 is 26.7. The lowest BCUT2D eigenvalue weighted by Gasteiger charge is -2.38. The number of carbonyl (C=O) groups excluding carboxylic acids is 1. The Balaban J connectivity index is 2.02. The highest BCUT2D eigenvalue weighted by Crippen LogP contribution is 2.25. The van der Waals surface area contributed by atoms with Crippen molar-refractivity contribution in [3.63, 3.8) is 0 Å². The van der Waals surface area contributed by atoms with Crippen LogP contribution in [0.1, 0.15) is 23.7 Å². The molecule has 0 spiro atoms. The van der Waals surface area contributed by atoms with Gasteiger partial charge in [-0.15, -0.1) is 0 Å². The fraction of sp³-hybridized carbons (Fsp3) is 0.538. The van der Waals surface area contributed by atoms with Gasteiger partial charge in [0.1, 0.15) is 0 Å². The Kier molecular flexibility index (Phi) is 3.80. The van der Waals surface area contributed by atoms with Crippen LogP contribution in [-0.4, -0.2) is 40.8 Å². The molecule has 0 unspecified atom stereocenters. The maximum Gasteiger partial charge on any atom is 0.272 e. The first-order valence-electron chi connectivity index (χ1n) is 6.26. The predicted octanol–water partition coefficient (Wildman–Crippen LogP) is 1.39. The van der Waals surface area contributed by atoms with Gasteiger partial charge in [0.25, 0.3) is 11.5 Å². The number of carbonyl (C=O) groups is 1. The molecule has 6 heteroatoms. The van der Waals surface area contributed by atoms with Crippen molar-refractivity contribution in [3.8, 4) is 0 Å². The van der Waals surface area contributed by atoms with Crippen molar-refractivity contribution in [3.05, 3.63) is 34.2 Å². The van der Waals surface area contributed by atoms with Gasteiger partial charge >= 0.3 is 0 Å². The van der Waals surface area contributed by atoms with Crippen molar-refractivity contribution < 1.29 is 13.6 Å². The Labute approximate surface area is 109 Å². The largest absolute Gasteiger partial charge is 0.314 e. The van der Waals surface area contributed by atoms with Crippen molar-refractivity contribution in [2.75, 3.05) is 19.6 Å². The highest BCUT2D eigenvalue weighted by atomic mass is 19.3. The van der Waals surface area contributed by atoms with E-state index >= 15 is 0 Å². The highest BCUT2D eigenvalue weighted by molar-refractivity contribution is 5.95. The summed E-state index contributed by atoms with van der Waals surface area (Å²) in [6.45, 7) is 1.89. The predicted molar refractivity (Wildman–Crippen MR) is 66.7 cm³/mol. The molecule has 1 aromatic rings. The summed E-state index contributed by atoms with van der Waals surface area (Å²) in [5.41, 5.74) is -0.180. The smallest absolute Gasteiger partial charge is 0.272 e. The van der Waals surface area contributed by atoms with Gasteiger partial charge in [-0.05, 0) is 12.1 Å². The molecule has 0 aromatic carbocycles. The molecule has 0 amide bonds. The SMILES string of the molecule is CCC(=O)c1cccn(CCN2CC(F)(F)C2)c1=O. The number of likely N-dealkylation sites (tertiary alicyclic amines) is 1. The quantitative estimate of drug-likeness (QED) is 0.759. The van der Waals surface area contributed by atoms with E-state index in [4.69, 9.17) is 0 Å². The molecule has 1 aliphatic rings. The molecule has 2 rings (SSSR count). The van der Waals surface area contributed by atoms with Gasteiger partial charge in [0.05, 0.1) is 18.7 Å². The average Bonchev–Trinajstić information content (AvgIpc) is 2.34. The van der Waals surface area contributed by atoms with Crippen LogP contribution in [0.3, 0.4) is 0 Å². The van der Waals surface area contributed by atoms with Gasteiger partial charge < -0.3 is 4.57 Å². The number of hydrogen-bond donors (Lipinski definition) is 0. The molecule has 19 heavy (non-hydrogen) atoms. The number of ketones is 1. The third-order valence-electron chi connectivity index (χ3n) is 3.21. The first-order chi connectivity index (χ1) is 8.93. The third-order valence-corrected chi connectivity index (χ3v) is 3.21. The lowest BCUT2D eigenvalue weighted by molar-refractivity contribution is -0.131. The normalized spacial score (nSPS) is 18.1. The highest BCUT2D eigenvalue weighted by Gasteiger charge is 2.43. The van der Waals surface area contributed by atoms with Crippen molar-refractivity contribution in [2.45, 2.75) is 25.8 Å². The van der Waals surface area contributed by atoms with Gasteiger partial charge in [0.15, 0.2) is 5.78 Å². The summed E-state index contributed by atoms with van der Waals surface area (Å²) in [6.07, 6.45) is 1.85. The van der Waals surface area contributed by atoms with Gasteiger partial charge in [-0.2, -0.15) is 0 Å². The number of nitrogens with zero attached hydrogens (tertiary/aromatic N) is 2. The topological polar surface area (TPSA) is 42.3 Å². The zero-order valence-corrected chi connectivity index (χ0v) is 10.7. The number of hydrogen-bond acceptors (Lipinski definition) is 3. The fourth-order valence-corrected chi connectivity index (χ4v) is 2.13. The van der Waals surface area contributed by atoms with Crippen LogP contribution in [-0.2, 0) is 6.54 Å². The zero-order valence-electron chi connectivity index (χ0n) is 10.7. The summed E-state index contributed by atoms with van der Waals surface area (Å²) in [5.74, 6) is -2.79. The summed E-state index contributed by atoms with van der Waals surface area (Å²) in [7, 11) is 0. The van der Waals surface area contributed by atoms with Crippen molar-refractivity contribution in [2.24, 2.45) is 0 Å². The fourth-order valence-electron chi connectivity index (χ4n) is 2.13. The molecule has 1 aromatic heterocycles. The standard InChI is InChI=1S/C13H16F2N2O2/c1-2-11(18)10-4-3-5-17(12(10)19)7-6-16-8-13(14,15)9-16/h3-5H,2,6-9H2,1H3. The Bertz CT molecular complexity index is 532. The van der Waals surface area contributed by atoms with Gasteiger partial charge in [0.2, 0.25) is 0 Å². The van der Waals surface area contributed by atoms with E-state index in [1.807, 2.05) is 0 Å². The molecule has 0 N–H and O–H groups in total. The van der Waals surface area contributed by atoms with E-state index in [0.29, 0.717) is 13.1 Å². The van der Waals surface area contributed by atoms with Crippen LogP contribution in [0.4, 0.5) is 8.78 Å². The lowest BCUT2D eigenvalue weighted by Crippen LogP contribution is -2.56. The Morgan fingerprint density at radius 1 is 1.37 bits per heavy atom. The first kappa shape index (κ1) is 13.9.